The van der Waals surface area contributed by atoms with Gasteiger partial charge in [0.15, 0.2) is 0 Å². The highest BCUT2D eigenvalue weighted by Gasteiger charge is 2.26. The van der Waals surface area contributed by atoms with Gasteiger partial charge in [-0.3, -0.25) is 9.59 Å². The Hall–Kier alpha value is -1.93. The molecule has 0 spiro atoms. The van der Waals surface area contributed by atoms with Gasteiger partial charge in [0, 0.05) is 24.8 Å². The number of piperidine rings is 1. The first-order chi connectivity index (χ1) is 12.5. The van der Waals surface area contributed by atoms with E-state index in [9.17, 15) is 18.0 Å². The Labute approximate surface area is 154 Å². The van der Waals surface area contributed by atoms with Gasteiger partial charge in [0.1, 0.15) is 0 Å². The molecule has 1 saturated heterocycles. The molecule has 1 aliphatic carbocycles. The third-order valence-corrected chi connectivity index (χ3v) is 6.87. The molecule has 3 rings (SSSR count). The van der Waals surface area contributed by atoms with Crippen molar-refractivity contribution in [3.8, 4) is 0 Å². The average molecular weight is 379 g/mol. The highest BCUT2D eigenvalue weighted by Crippen LogP contribution is 2.22. The summed E-state index contributed by atoms with van der Waals surface area (Å²) >= 11 is 0. The van der Waals surface area contributed by atoms with Crippen molar-refractivity contribution in [2.45, 2.75) is 55.9 Å². The molecule has 0 atom stereocenters. The van der Waals surface area contributed by atoms with Crippen LogP contribution in [0.5, 0.6) is 0 Å². The highest BCUT2D eigenvalue weighted by molar-refractivity contribution is 7.89. The van der Waals surface area contributed by atoms with Crippen molar-refractivity contribution >= 4 is 27.5 Å². The van der Waals surface area contributed by atoms with Gasteiger partial charge in [0.2, 0.25) is 10.0 Å². The highest BCUT2D eigenvalue weighted by atomic mass is 32.2. The lowest BCUT2D eigenvalue weighted by molar-refractivity contribution is -0.136. The summed E-state index contributed by atoms with van der Waals surface area (Å²) in [5, 5.41) is 5.24. The van der Waals surface area contributed by atoms with Gasteiger partial charge in [0.05, 0.1) is 4.90 Å². The number of amides is 2. The molecule has 1 heterocycles. The maximum atomic E-state index is 12.6. The smallest absolute Gasteiger partial charge is 0.313 e. The lowest BCUT2D eigenvalue weighted by Gasteiger charge is -2.25. The fourth-order valence-electron chi connectivity index (χ4n) is 3.47. The first-order valence-corrected chi connectivity index (χ1v) is 10.6. The summed E-state index contributed by atoms with van der Waals surface area (Å²) in [6.07, 6.45) is 6.76. The average Bonchev–Trinajstić information content (AvgIpc) is 3.16. The number of sulfonamides is 1. The van der Waals surface area contributed by atoms with E-state index in [2.05, 4.69) is 10.6 Å². The number of benzene rings is 1. The second-order valence-corrected chi connectivity index (χ2v) is 8.84. The molecule has 2 fully saturated rings. The minimum absolute atomic E-state index is 0.0744. The van der Waals surface area contributed by atoms with Gasteiger partial charge >= 0.3 is 11.8 Å². The minimum Gasteiger partial charge on any atom is -0.345 e. The first kappa shape index (κ1) is 18.8. The Kier molecular flexibility index (Phi) is 5.93. The molecular formula is C18H25N3O4S. The quantitative estimate of drug-likeness (QED) is 0.781. The van der Waals surface area contributed by atoms with Gasteiger partial charge in [-0.1, -0.05) is 19.3 Å². The number of carbonyl (C=O) groups excluding carboxylic acids is 2. The first-order valence-electron chi connectivity index (χ1n) is 9.19. The van der Waals surface area contributed by atoms with E-state index in [1.54, 1.807) is 0 Å². The van der Waals surface area contributed by atoms with Crippen molar-refractivity contribution in [1.29, 1.82) is 0 Å². The summed E-state index contributed by atoms with van der Waals surface area (Å²) in [7, 11) is -3.50. The third-order valence-electron chi connectivity index (χ3n) is 4.96. The van der Waals surface area contributed by atoms with Gasteiger partial charge in [-0.15, -0.1) is 0 Å². The van der Waals surface area contributed by atoms with Gasteiger partial charge in [-0.2, -0.15) is 4.31 Å². The molecule has 1 aliphatic heterocycles. The van der Waals surface area contributed by atoms with Crippen LogP contribution >= 0.6 is 0 Å². The van der Waals surface area contributed by atoms with Gasteiger partial charge < -0.3 is 10.6 Å². The van der Waals surface area contributed by atoms with Crippen LogP contribution in [-0.4, -0.2) is 43.7 Å². The van der Waals surface area contributed by atoms with Crippen LogP contribution in [0.4, 0.5) is 5.69 Å². The van der Waals surface area contributed by atoms with Crippen LogP contribution < -0.4 is 10.6 Å². The molecule has 2 aliphatic rings. The van der Waals surface area contributed by atoms with E-state index in [4.69, 9.17) is 0 Å². The lowest BCUT2D eigenvalue weighted by atomic mass is 10.2. The summed E-state index contributed by atoms with van der Waals surface area (Å²) in [5.74, 6) is -1.38. The molecule has 1 saturated carbocycles. The monoisotopic (exact) mass is 379 g/mol. The zero-order chi connectivity index (χ0) is 18.6. The number of carbonyl (C=O) groups is 2. The molecule has 142 valence electrons. The molecule has 0 unspecified atom stereocenters. The van der Waals surface area contributed by atoms with Crippen molar-refractivity contribution in [2.24, 2.45) is 0 Å². The van der Waals surface area contributed by atoms with E-state index in [0.717, 1.165) is 44.9 Å². The van der Waals surface area contributed by atoms with Crippen molar-refractivity contribution < 1.29 is 18.0 Å². The summed E-state index contributed by atoms with van der Waals surface area (Å²) in [6.45, 7) is 1.09. The van der Waals surface area contributed by atoms with Crippen LogP contribution in [0.1, 0.15) is 44.9 Å². The Morgan fingerprint density at radius 1 is 0.885 bits per heavy atom. The van der Waals surface area contributed by atoms with Crippen LogP contribution in [0.25, 0.3) is 0 Å². The van der Waals surface area contributed by atoms with E-state index in [1.807, 2.05) is 0 Å². The number of hydrogen-bond acceptors (Lipinski definition) is 4. The molecule has 1 aromatic carbocycles. The summed E-state index contributed by atoms with van der Waals surface area (Å²) in [6, 6.07) is 6.03. The van der Waals surface area contributed by atoms with Crippen LogP contribution in [0.15, 0.2) is 29.2 Å². The molecular weight excluding hydrogens is 354 g/mol. The number of nitrogens with one attached hydrogen (secondary N) is 2. The summed E-state index contributed by atoms with van der Waals surface area (Å²) < 4.78 is 26.7. The Bertz CT molecular complexity index is 749. The molecule has 0 radical (unpaired) electrons. The van der Waals surface area contributed by atoms with Crippen LogP contribution in [0, 0.1) is 0 Å². The summed E-state index contributed by atoms with van der Waals surface area (Å²) in [5.41, 5.74) is 0.397. The predicted octanol–water partition coefficient (Wildman–Crippen LogP) is 1.86. The van der Waals surface area contributed by atoms with Crippen LogP contribution in [0.2, 0.25) is 0 Å². The molecule has 0 aromatic heterocycles. The van der Waals surface area contributed by atoms with Crippen molar-refractivity contribution in [2.75, 3.05) is 18.4 Å². The molecule has 8 heteroatoms. The molecule has 0 bridgehead atoms. The van der Waals surface area contributed by atoms with E-state index < -0.39 is 21.8 Å². The van der Waals surface area contributed by atoms with Gasteiger partial charge in [-0.25, -0.2) is 8.42 Å². The molecule has 2 amide bonds. The van der Waals surface area contributed by atoms with E-state index in [-0.39, 0.29) is 10.9 Å². The fraction of sp³-hybridized carbons (Fsp3) is 0.556. The Balaban J connectivity index is 1.60. The zero-order valence-corrected chi connectivity index (χ0v) is 15.6. The number of rotatable bonds is 4. The maximum absolute atomic E-state index is 12.6. The predicted molar refractivity (Wildman–Crippen MR) is 98.1 cm³/mol. The SMILES string of the molecule is O=C(Nc1ccc(S(=O)(=O)N2CCCCC2)cc1)C(=O)NC1CCCC1. The second kappa shape index (κ2) is 8.18. The Morgan fingerprint density at radius 2 is 1.50 bits per heavy atom. The normalized spacial score (nSPS) is 19.2. The minimum atomic E-state index is -3.50. The van der Waals surface area contributed by atoms with E-state index in [0.29, 0.717) is 18.8 Å². The topological polar surface area (TPSA) is 95.6 Å². The van der Waals surface area contributed by atoms with Crippen LogP contribution in [-0.2, 0) is 19.6 Å². The maximum Gasteiger partial charge on any atom is 0.313 e. The largest absolute Gasteiger partial charge is 0.345 e. The molecule has 1 aromatic rings. The number of hydrogen-bond donors (Lipinski definition) is 2. The number of anilines is 1. The molecule has 26 heavy (non-hydrogen) atoms. The Morgan fingerprint density at radius 3 is 2.12 bits per heavy atom. The molecule has 2 N–H and O–H groups in total. The van der Waals surface area contributed by atoms with Gasteiger partial charge in [0.25, 0.3) is 0 Å². The third kappa shape index (κ3) is 4.42. The van der Waals surface area contributed by atoms with Crippen molar-refractivity contribution in [3.05, 3.63) is 24.3 Å². The lowest BCUT2D eigenvalue weighted by Crippen LogP contribution is -2.40. The van der Waals surface area contributed by atoms with Crippen LogP contribution in [0.3, 0.4) is 0 Å². The van der Waals surface area contributed by atoms with E-state index in [1.165, 1.54) is 28.6 Å². The summed E-state index contributed by atoms with van der Waals surface area (Å²) in [4.78, 5) is 24.1. The second-order valence-electron chi connectivity index (χ2n) is 6.90. The van der Waals surface area contributed by atoms with Crippen molar-refractivity contribution in [1.82, 2.24) is 9.62 Å². The van der Waals surface area contributed by atoms with E-state index >= 15 is 0 Å². The fourth-order valence-corrected chi connectivity index (χ4v) is 4.99. The zero-order valence-electron chi connectivity index (χ0n) is 14.7. The van der Waals surface area contributed by atoms with Crippen molar-refractivity contribution in [3.63, 3.8) is 0 Å². The number of nitrogens with zero attached hydrogens (tertiary/aromatic N) is 1. The van der Waals surface area contributed by atoms with Gasteiger partial charge in [-0.05, 0) is 49.9 Å². The molecule has 7 nitrogen and oxygen atoms in total. The standard InChI is InChI=1S/C18H25N3O4S/c22-17(19-14-6-2-3-7-14)18(23)20-15-8-10-16(11-9-15)26(24,25)21-12-4-1-5-13-21/h8-11,14H,1-7,12-13H2,(H,19,22)(H,20,23).